The van der Waals surface area contributed by atoms with Crippen molar-refractivity contribution in [1.82, 2.24) is 19.7 Å². The van der Waals surface area contributed by atoms with Crippen LogP contribution in [0.4, 0.5) is 0 Å². The molecule has 4 nitrogen and oxygen atoms in total. The second kappa shape index (κ2) is 5.30. The second-order valence-corrected chi connectivity index (χ2v) is 5.51. The predicted molar refractivity (Wildman–Crippen MR) is 84.2 cm³/mol. The molecule has 0 aliphatic carbocycles. The van der Waals surface area contributed by atoms with Crippen LogP contribution in [0.1, 0.15) is 11.1 Å². The van der Waals surface area contributed by atoms with E-state index in [1.807, 2.05) is 19.3 Å². The maximum atomic E-state index is 6.16. The molecule has 3 rings (SSSR count). The lowest BCUT2D eigenvalue weighted by atomic mass is 10.1. The van der Waals surface area contributed by atoms with Crippen molar-refractivity contribution in [3.05, 3.63) is 52.9 Å². The van der Waals surface area contributed by atoms with Gasteiger partial charge in [0.25, 0.3) is 0 Å². The van der Waals surface area contributed by atoms with Crippen molar-refractivity contribution in [2.24, 2.45) is 7.05 Å². The Balaban J connectivity index is 2.13. The first-order chi connectivity index (χ1) is 10.0. The van der Waals surface area contributed by atoms with E-state index in [0.717, 1.165) is 22.4 Å². The van der Waals surface area contributed by atoms with E-state index in [4.69, 9.17) is 11.6 Å². The van der Waals surface area contributed by atoms with Crippen LogP contribution in [0.5, 0.6) is 0 Å². The fraction of sp³-hybridized carbons (Fsp3) is 0.188. The Morgan fingerprint density at radius 2 is 1.90 bits per heavy atom. The van der Waals surface area contributed by atoms with Gasteiger partial charge >= 0.3 is 0 Å². The molecule has 0 fully saturated rings. The maximum absolute atomic E-state index is 6.16. The van der Waals surface area contributed by atoms with E-state index in [0.29, 0.717) is 11.0 Å². The summed E-state index contributed by atoms with van der Waals surface area (Å²) in [7, 11) is 1.87. The van der Waals surface area contributed by atoms with Gasteiger partial charge in [0.2, 0.25) is 0 Å². The van der Waals surface area contributed by atoms with E-state index in [9.17, 15) is 0 Å². The molecule has 2 aromatic heterocycles. The minimum atomic E-state index is 0.429. The monoisotopic (exact) mass is 298 g/mol. The van der Waals surface area contributed by atoms with Crippen molar-refractivity contribution in [3.8, 4) is 22.6 Å². The summed E-state index contributed by atoms with van der Waals surface area (Å²) in [5.74, 6) is 0.638. The number of aryl methyl sites for hydroxylation is 3. The summed E-state index contributed by atoms with van der Waals surface area (Å²) in [6.07, 6.45) is 3.68. The van der Waals surface area contributed by atoms with Crippen LogP contribution in [0.2, 0.25) is 5.15 Å². The Bertz CT molecular complexity index is 808. The molecule has 0 saturated heterocycles. The fourth-order valence-electron chi connectivity index (χ4n) is 2.30. The quantitative estimate of drug-likeness (QED) is 0.676. The highest BCUT2D eigenvalue weighted by Crippen LogP contribution is 2.26. The summed E-state index contributed by atoms with van der Waals surface area (Å²) in [4.78, 5) is 8.98. The van der Waals surface area contributed by atoms with E-state index in [-0.39, 0.29) is 0 Å². The third-order valence-electron chi connectivity index (χ3n) is 3.32. The molecule has 3 aromatic rings. The lowest BCUT2D eigenvalue weighted by Crippen LogP contribution is -1.95. The normalized spacial score (nSPS) is 10.9. The van der Waals surface area contributed by atoms with Gasteiger partial charge in [-0.25, -0.2) is 9.97 Å². The number of rotatable bonds is 2. The van der Waals surface area contributed by atoms with Gasteiger partial charge in [-0.3, -0.25) is 4.68 Å². The number of hydrogen-bond acceptors (Lipinski definition) is 3. The standard InChI is InChI=1S/C16H15ClN4/c1-10-4-5-13(11(2)6-10)16-19-14(7-15(17)20-16)12-8-18-21(3)9-12/h4-9H,1-3H3. The molecule has 5 heteroatoms. The zero-order valence-electron chi connectivity index (χ0n) is 12.1. The van der Waals surface area contributed by atoms with Crippen LogP contribution in [-0.2, 0) is 7.05 Å². The first-order valence-electron chi connectivity index (χ1n) is 6.64. The smallest absolute Gasteiger partial charge is 0.161 e. The van der Waals surface area contributed by atoms with Gasteiger partial charge < -0.3 is 0 Å². The Hall–Kier alpha value is -2.20. The molecule has 0 unspecified atom stereocenters. The topological polar surface area (TPSA) is 43.6 Å². The van der Waals surface area contributed by atoms with Crippen LogP contribution in [0.25, 0.3) is 22.6 Å². The lowest BCUT2D eigenvalue weighted by Gasteiger charge is -2.07. The minimum absolute atomic E-state index is 0.429. The number of nitrogens with zero attached hydrogens (tertiary/aromatic N) is 4. The van der Waals surface area contributed by atoms with E-state index in [2.05, 4.69) is 41.0 Å². The molecule has 0 spiro atoms. The summed E-state index contributed by atoms with van der Waals surface area (Å²) in [6.45, 7) is 4.12. The van der Waals surface area contributed by atoms with Gasteiger partial charge in [-0.05, 0) is 19.4 Å². The number of benzene rings is 1. The van der Waals surface area contributed by atoms with Crippen LogP contribution in [0.15, 0.2) is 36.7 Å². The maximum Gasteiger partial charge on any atom is 0.161 e. The van der Waals surface area contributed by atoms with Crippen LogP contribution in [0.3, 0.4) is 0 Å². The SMILES string of the molecule is Cc1ccc(-c2nc(Cl)cc(-c3cnn(C)c3)n2)c(C)c1. The summed E-state index contributed by atoms with van der Waals surface area (Å²) in [5.41, 5.74) is 5.04. The third kappa shape index (κ3) is 2.81. The van der Waals surface area contributed by atoms with Crippen molar-refractivity contribution in [2.75, 3.05) is 0 Å². The molecule has 0 aliphatic heterocycles. The van der Waals surface area contributed by atoms with Gasteiger partial charge in [-0.15, -0.1) is 0 Å². The van der Waals surface area contributed by atoms with Gasteiger partial charge in [-0.1, -0.05) is 35.4 Å². The van der Waals surface area contributed by atoms with Gasteiger partial charge in [0.05, 0.1) is 11.9 Å². The average molecular weight is 299 g/mol. The predicted octanol–water partition coefficient (Wildman–Crippen LogP) is 3.81. The molecule has 0 atom stereocenters. The van der Waals surface area contributed by atoms with Crippen molar-refractivity contribution >= 4 is 11.6 Å². The molecular weight excluding hydrogens is 284 g/mol. The molecule has 0 aliphatic rings. The molecule has 0 radical (unpaired) electrons. The molecule has 106 valence electrons. The Labute approximate surface area is 128 Å². The van der Waals surface area contributed by atoms with Crippen molar-refractivity contribution in [2.45, 2.75) is 13.8 Å². The van der Waals surface area contributed by atoms with E-state index in [1.165, 1.54) is 5.56 Å². The number of halogens is 1. The van der Waals surface area contributed by atoms with Gasteiger partial charge in [0.1, 0.15) is 5.15 Å². The van der Waals surface area contributed by atoms with E-state index >= 15 is 0 Å². The van der Waals surface area contributed by atoms with Crippen LogP contribution in [-0.4, -0.2) is 19.7 Å². The van der Waals surface area contributed by atoms with Crippen molar-refractivity contribution < 1.29 is 0 Å². The summed E-state index contributed by atoms with van der Waals surface area (Å²) >= 11 is 6.16. The van der Waals surface area contributed by atoms with Gasteiger partial charge in [0, 0.05) is 30.4 Å². The third-order valence-corrected chi connectivity index (χ3v) is 3.51. The minimum Gasteiger partial charge on any atom is -0.275 e. The van der Waals surface area contributed by atoms with Gasteiger partial charge in [0.15, 0.2) is 5.82 Å². The fourth-order valence-corrected chi connectivity index (χ4v) is 2.49. The molecule has 21 heavy (non-hydrogen) atoms. The second-order valence-electron chi connectivity index (χ2n) is 5.12. The summed E-state index contributed by atoms with van der Waals surface area (Å²) in [5, 5.41) is 4.60. The highest BCUT2D eigenvalue weighted by Gasteiger charge is 2.11. The van der Waals surface area contributed by atoms with Crippen LogP contribution >= 0.6 is 11.6 Å². The highest BCUT2D eigenvalue weighted by molar-refractivity contribution is 6.29. The largest absolute Gasteiger partial charge is 0.275 e. The van der Waals surface area contributed by atoms with Crippen molar-refractivity contribution in [3.63, 3.8) is 0 Å². The molecule has 1 aromatic carbocycles. The molecule has 0 N–H and O–H groups in total. The number of aromatic nitrogens is 4. The summed E-state index contributed by atoms with van der Waals surface area (Å²) in [6, 6.07) is 7.95. The first kappa shape index (κ1) is 13.8. The zero-order valence-corrected chi connectivity index (χ0v) is 12.9. The Morgan fingerprint density at radius 3 is 2.57 bits per heavy atom. The summed E-state index contributed by atoms with van der Waals surface area (Å²) < 4.78 is 1.74. The Kier molecular flexibility index (Phi) is 3.47. The number of hydrogen-bond donors (Lipinski definition) is 0. The first-order valence-corrected chi connectivity index (χ1v) is 7.02. The van der Waals surface area contributed by atoms with E-state index < -0.39 is 0 Å². The molecule has 2 heterocycles. The van der Waals surface area contributed by atoms with E-state index in [1.54, 1.807) is 16.9 Å². The molecule has 0 saturated carbocycles. The van der Waals surface area contributed by atoms with Crippen LogP contribution in [0, 0.1) is 13.8 Å². The van der Waals surface area contributed by atoms with Crippen LogP contribution < -0.4 is 0 Å². The van der Waals surface area contributed by atoms with Gasteiger partial charge in [-0.2, -0.15) is 5.10 Å². The molecule has 0 bridgehead atoms. The Morgan fingerprint density at radius 1 is 1.10 bits per heavy atom. The highest BCUT2D eigenvalue weighted by atomic mass is 35.5. The van der Waals surface area contributed by atoms with Crippen molar-refractivity contribution in [1.29, 1.82) is 0 Å². The average Bonchev–Trinajstić information content (AvgIpc) is 2.84. The lowest BCUT2D eigenvalue weighted by molar-refractivity contribution is 0.768. The molecule has 0 amide bonds. The molecular formula is C16H15ClN4. The zero-order chi connectivity index (χ0) is 15.0.